The molecule has 6 rings (SSSR count). The van der Waals surface area contributed by atoms with Gasteiger partial charge in [0, 0.05) is 24.5 Å². The lowest BCUT2D eigenvalue weighted by Gasteiger charge is -2.51. The normalized spacial score (nSPS) is 40.4. The highest BCUT2D eigenvalue weighted by Crippen LogP contribution is 2.47. The molecular formula is C20H26F2N4O. The number of fused-ring (bicyclic) bond motifs is 2. The average Bonchev–Trinajstić information content (AvgIpc) is 3.30. The van der Waals surface area contributed by atoms with Gasteiger partial charge in [0.2, 0.25) is 5.91 Å². The predicted octanol–water partition coefficient (Wildman–Crippen LogP) is 1.61. The summed E-state index contributed by atoms with van der Waals surface area (Å²) in [5.41, 5.74) is 6.65. The van der Waals surface area contributed by atoms with Crippen molar-refractivity contribution in [2.75, 3.05) is 19.6 Å². The molecule has 5 atom stereocenters. The molecule has 0 spiro atoms. The van der Waals surface area contributed by atoms with Crippen LogP contribution in [-0.2, 0) is 4.79 Å². The van der Waals surface area contributed by atoms with Gasteiger partial charge in [-0.05, 0) is 56.8 Å². The first-order valence-corrected chi connectivity index (χ1v) is 10.0. The van der Waals surface area contributed by atoms with Crippen LogP contribution in [0.15, 0.2) is 18.2 Å². The van der Waals surface area contributed by atoms with Gasteiger partial charge < -0.3 is 4.90 Å². The number of hydrogen-bond acceptors (Lipinski definition) is 4. The van der Waals surface area contributed by atoms with E-state index in [1.54, 1.807) is 12.1 Å². The molecular weight excluding hydrogens is 350 g/mol. The predicted molar refractivity (Wildman–Crippen MR) is 96.8 cm³/mol. The summed E-state index contributed by atoms with van der Waals surface area (Å²) in [6.07, 6.45) is 2.91. The maximum absolute atomic E-state index is 14.6. The number of nitrogens with one attached hydrogen (secondary N) is 2. The number of amides is 1. The van der Waals surface area contributed by atoms with Crippen molar-refractivity contribution in [2.45, 2.75) is 56.3 Å². The van der Waals surface area contributed by atoms with E-state index in [0.29, 0.717) is 18.0 Å². The summed E-state index contributed by atoms with van der Waals surface area (Å²) >= 11 is 0. The zero-order valence-electron chi connectivity index (χ0n) is 15.5. The Morgan fingerprint density at radius 1 is 1.15 bits per heavy atom. The van der Waals surface area contributed by atoms with Gasteiger partial charge in [0.15, 0.2) is 11.6 Å². The second-order valence-electron chi connectivity index (χ2n) is 8.57. The highest BCUT2D eigenvalue weighted by Gasteiger charge is 2.56. The standard InChI is InChI=1S/C20H26F2N4O/c1-11-9-16(24-23-11)20(27)26-10-14(13-3-2-4-15(21)17(13)22)19-18(26)12-5-7-25(19)8-6-12/h2-4,11-12,14,16,18-19,23-24H,5-10H2,1H3/t11?,14-,16?,18-,19-/m1/s1. The van der Waals surface area contributed by atoms with Crippen LogP contribution in [0.1, 0.15) is 37.7 Å². The van der Waals surface area contributed by atoms with Crippen molar-refractivity contribution in [3.05, 3.63) is 35.4 Å². The number of carbonyl (C=O) groups is 1. The second kappa shape index (κ2) is 6.50. The monoisotopic (exact) mass is 376 g/mol. The lowest BCUT2D eigenvalue weighted by molar-refractivity contribution is -0.138. The van der Waals surface area contributed by atoms with Crippen molar-refractivity contribution in [3.63, 3.8) is 0 Å². The third kappa shape index (κ3) is 2.70. The Hall–Kier alpha value is -1.57. The molecule has 1 aromatic carbocycles. The van der Waals surface area contributed by atoms with E-state index in [4.69, 9.17) is 0 Å². The summed E-state index contributed by atoms with van der Waals surface area (Å²) in [7, 11) is 0. The van der Waals surface area contributed by atoms with Crippen molar-refractivity contribution in [3.8, 4) is 0 Å². The van der Waals surface area contributed by atoms with E-state index in [0.717, 1.165) is 38.4 Å². The van der Waals surface area contributed by atoms with Gasteiger partial charge in [-0.3, -0.25) is 15.1 Å². The Labute approximate surface area is 158 Å². The minimum atomic E-state index is -0.805. The Bertz CT molecular complexity index is 751. The Kier molecular flexibility index (Phi) is 4.22. The number of piperidine rings is 3. The van der Waals surface area contributed by atoms with Crippen molar-refractivity contribution in [1.82, 2.24) is 20.7 Å². The van der Waals surface area contributed by atoms with Gasteiger partial charge in [0.1, 0.15) is 6.04 Å². The Morgan fingerprint density at radius 3 is 2.63 bits per heavy atom. The number of halogens is 2. The van der Waals surface area contributed by atoms with E-state index < -0.39 is 11.6 Å². The summed E-state index contributed by atoms with van der Waals surface area (Å²) in [5.74, 6) is -1.19. The van der Waals surface area contributed by atoms with Crippen molar-refractivity contribution in [2.24, 2.45) is 5.92 Å². The molecule has 7 heteroatoms. The smallest absolute Gasteiger partial charge is 0.241 e. The zero-order valence-corrected chi connectivity index (χ0v) is 15.5. The first-order chi connectivity index (χ1) is 13.0. The van der Waals surface area contributed by atoms with Crippen molar-refractivity contribution >= 4 is 5.91 Å². The molecule has 0 aromatic heterocycles. The van der Waals surface area contributed by atoms with Gasteiger partial charge in [-0.2, -0.15) is 0 Å². The van der Waals surface area contributed by atoms with Crippen LogP contribution >= 0.6 is 0 Å². The number of rotatable bonds is 2. The van der Waals surface area contributed by atoms with Crippen LogP contribution in [0.5, 0.6) is 0 Å². The van der Waals surface area contributed by atoms with Gasteiger partial charge in [-0.1, -0.05) is 12.1 Å². The first kappa shape index (κ1) is 17.5. The average molecular weight is 376 g/mol. The molecule has 5 heterocycles. The van der Waals surface area contributed by atoms with Crippen LogP contribution in [0.2, 0.25) is 0 Å². The molecule has 27 heavy (non-hydrogen) atoms. The minimum Gasteiger partial charge on any atom is -0.336 e. The molecule has 5 fully saturated rings. The summed E-state index contributed by atoms with van der Waals surface area (Å²) in [6.45, 7) is 4.49. The molecule has 146 valence electrons. The Morgan fingerprint density at radius 2 is 1.93 bits per heavy atom. The third-order valence-corrected chi connectivity index (χ3v) is 7.05. The fraction of sp³-hybridized carbons (Fsp3) is 0.650. The van der Waals surface area contributed by atoms with Gasteiger partial charge in [-0.25, -0.2) is 14.2 Å². The van der Waals surface area contributed by atoms with Gasteiger partial charge in [-0.15, -0.1) is 0 Å². The number of hydrazine groups is 1. The molecule has 2 N–H and O–H groups in total. The van der Waals surface area contributed by atoms with Crippen LogP contribution in [0, 0.1) is 17.6 Å². The quantitative estimate of drug-likeness (QED) is 0.823. The summed E-state index contributed by atoms with van der Waals surface area (Å²) in [6, 6.07) is 4.63. The molecule has 5 aliphatic rings. The molecule has 5 saturated heterocycles. The lowest BCUT2D eigenvalue weighted by Crippen LogP contribution is -2.62. The fourth-order valence-electron chi connectivity index (χ4n) is 5.83. The molecule has 0 radical (unpaired) electrons. The van der Waals surface area contributed by atoms with Gasteiger partial charge >= 0.3 is 0 Å². The van der Waals surface area contributed by atoms with Crippen LogP contribution in [0.25, 0.3) is 0 Å². The molecule has 0 saturated carbocycles. The van der Waals surface area contributed by atoms with E-state index in [1.807, 2.05) is 11.8 Å². The molecule has 5 nitrogen and oxygen atoms in total. The van der Waals surface area contributed by atoms with Crippen molar-refractivity contribution < 1.29 is 13.6 Å². The number of likely N-dealkylation sites (tertiary alicyclic amines) is 1. The van der Waals surface area contributed by atoms with Crippen molar-refractivity contribution in [1.29, 1.82) is 0 Å². The molecule has 5 aliphatic heterocycles. The van der Waals surface area contributed by atoms with Crippen LogP contribution in [-0.4, -0.2) is 59.5 Å². The minimum absolute atomic E-state index is 0.0875. The molecule has 1 amide bonds. The summed E-state index contributed by atoms with van der Waals surface area (Å²) < 4.78 is 28.5. The summed E-state index contributed by atoms with van der Waals surface area (Å²) in [5, 5.41) is 0. The van der Waals surface area contributed by atoms with Crippen LogP contribution < -0.4 is 10.9 Å². The van der Waals surface area contributed by atoms with Gasteiger partial charge in [0.25, 0.3) is 0 Å². The number of hydrogen-bond donors (Lipinski definition) is 2. The maximum atomic E-state index is 14.6. The van der Waals surface area contributed by atoms with Crippen LogP contribution in [0.4, 0.5) is 8.78 Å². The molecule has 0 aliphatic carbocycles. The number of nitrogens with zero attached hydrogens (tertiary/aromatic N) is 2. The number of carbonyl (C=O) groups excluding carboxylic acids is 1. The van der Waals surface area contributed by atoms with E-state index in [1.165, 1.54) is 0 Å². The largest absolute Gasteiger partial charge is 0.336 e. The van der Waals surface area contributed by atoms with Gasteiger partial charge in [0.05, 0.1) is 6.04 Å². The lowest BCUT2D eigenvalue weighted by atomic mass is 9.75. The Balaban J connectivity index is 1.50. The van der Waals surface area contributed by atoms with E-state index in [-0.39, 0.29) is 36.0 Å². The SMILES string of the molecule is CC1CC(C(=O)N2C[C@H](c3cccc(F)c3F)[C@@H]3[C@H]2C2CCN3CC2)NN1. The topological polar surface area (TPSA) is 47.6 Å². The molecule has 2 bridgehead atoms. The second-order valence-corrected chi connectivity index (χ2v) is 8.57. The first-order valence-electron chi connectivity index (χ1n) is 10.0. The maximum Gasteiger partial charge on any atom is 0.241 e. The van der Waals surface area contributed by atoms with E-state index in [9.17, 15) is 13.6 Å². The third-order valence-electron chi connectivity index (χ3n) is 7.05. The van der Waals surface area contributed by atoms with E-state index in [2.05, 4.69) is 15.8 Å². The van der Waals surface area contributed by atoms with E-state index >= 15 is 0 Å². The highest BCUT2D eigenvalue weighted by molar-refractivity contribution is 5.83. The fourth-order valence-corrected chi connectivity index (χ4v) is 5.83. The zero-order chi connectivity index (χ0) is 18.7. The van der Waals surface area contributed by atoms with Crippen LogP contribution in [0.3, 0.4) is 0 Å². The summed E-state index contributed by atoms with van der Waals surface area (Å²) in [4.78, 5) is 17.7. The number of benzene rings is 1. The highest BCUT2D eigenvalue weighted by atomic mass is 19.2. The molecule has 2 unspecified atom stereocenters. The molecule has 1 aromatic rings.